The van der Waals surface area contributed by atoms with E-state index >= 15 is 0 Å². The third-order valence-corrected chi connectivity index (χ3v) is 4.17. The van der Waals surface area contributed by atoms with Crippen LogP contribution in [0.4, 0.5) is 0 Å². The summed E-state index contributed by atoms with van der Waals surface area (Å²) in [6.07, 6.45) is 1.91. The molecule has 0 spiro atoms. The van der Waals surface area contributed by atoms with Gasteiger partial charge < -0.3 is 5.73 Å². The van der Waals surface area contributed by atoms with E-state index in [0.717, 1.165) is 28.8 Å². The van der Waals surface area contributed by atoms with Crippen LogP contribution in [0.2, 0.25) is 0 Å². The van der Waals surface area contributed by atoms with Gasteiger partial charge in [-0.2, -0.15) is 5.10 Å². The molecule has 1 aromatic rings. The summed E-state index contributed by atoms with van der Waals surface area (Å²) in [5, 5.41) is 4.39. The Balaban J connectivity index is 2.64. The van der Waals surface area contributed by atoms with Crippen molar-refractivity contribution in [3.63, 3.8) is 0 Å². The predicted molar refractivity (Wildman–Crippen MR) is 76.5 cm³/mol. The second-order valence-electron chi connectivity index (χ2n) is 4.76. The number of nitrogens with zero attached hydrogens (tertiary/aromatic N) is 2. The number of halogens is 1. The Morgan fingerprint density at radius 3 is 2.78 bits per heavy atom. The SMILES string of the molecule is CCn1nc(C)c(Br)c1CC(=O)CCC(C)CN. The van der Waals surface area contributed by atoms with Gasteiger partial charge in [0.25, 0.3) is 0 Å². The molecule has 0 radical (unpaired) electrons. The van der Waals surface area contributed by atoms with Gasteiger partial charge >= 0.3 is 0 Å². The maximum absolute atomic E-state index is 12.0. The molecule has 1 unspecified atom stereocenters. The predicted octanol–water partition coefficient (Wildman–Crippen LogP) is 2.46. The van der Waals surface area contributed by atoms with E-state index in [2.05, 4.69) is 28.0 Å². The molecule has 0 aliphatic heterocycles. The lowest BCUT2D eigenvalue weighted by Gasteiger charge is -2.08. The summed E-state index contributed by atoms with van der Waals surface area (Å²) in [7, 11) is 0. The van der Waals surface area contributed by atoms with Gasteiger partial charge in [0.05, 0.1) is 15.9 Å². The lowest BCUT2D eigenvalue weighted by molar-refractivity contribution is -0.118. The standard InChI is InChI=1S/C13H22BrN3O/c1-4-17-12(13(14)10(3)16-17)7-11(18)6-5-9(2)8-15/h9H,4-8,15H2,1-3H3. The summed E-state index contributed by atoms with van der Waals surface area (Å²) >= 11 is 3.51. The van der Waals surface area contributed by atoms with Crippen LogP contribution in [0.15, 0.2) is 4.47 Å². The van der Waals surface area contributed by atoms with Gasteiger partial charge in [-0.25, -0.2) is 0 Å². The Morgan fingerprint density at radius 1 is 1.56 bits per heavy atom. The summed E-state index contributed by atoms with van der Waals surface area (Å²) in [6.45, 7) is 7.48. The molecular weight excluding hydrogens is 294 g/mol. The van der Waals surface area contributed by atoms with Gasteiger partial charge in [-0.15, -0.1) is 0 Å². The van der Waals surface area contributed by atoms with Crippen molar-refractivity contribution >= 4 is 21.7 Å². The van der Waals surface area contributed by atoms with E-state index in [-0.39, 0.29) is 5.78 Å². The molecule has 1 rings (SSSR count). The minimum Gasteiger partial charge on any atom is -0.330 e. The maximum Gasteiger partial charge on any atom is 0.138 e. The van der Waals surface area contributed by atoms with E-state index in [0.29, 0.717) is 25.3 Å². The van der Waals surface area contributed by atoms with Crippen molar-refractivity contribution in [2.24, 2.45) is 11.7 Å². The van der Waals surface area contributed by atoms with Crippen LogP contribution in [-0.2, 0) is 17.8 Å². The maximum atomic E-state index is 12.0. The number of rotatable bonds is 7. The minimum atomic E-state index is 0.255. The van der Waals surface area contributed by atoms with Crippen LogP contribution in [0.1, 0.15) is 38.1 Å². The number of hydrogen-bond donors (Lipinski definition) is 1. The van der Waals surface area contributed by atoms with Crippen molar-refractivity contribution in [2.75, 3.05) is 6.54 Å². The molecule has 0 saturated heterocycles. The van der Waals surface area contributed by atoms with E-state index < -0.39 is 0 Å². The lowest BCUT2D eigenvalue weighted by atomic mass is 10.0. The highest BCUT2D eigenvalue weighted by Gasteiger charge is 2.15. The molecule has 1 aromatic heterocycles. The second kappa shape index (κ2) is 7.04. The molecule has 0 fully saturated rings. The Morgan fingerprint density at radius 2 is 2.22 bits per heavy atom. The van der Waals surface area contributed by atoms with Gasteiger partial charge in [-0.05, 0) is 48.7 Å². The summed E-state index contributed by atoms with van der Waals surface area (Å²) in [5.41, 5.74) is 7.48. The number of nitrogens with two attached hydrogens (primary N) is 1. The van der Waals surface area contributed by atoms with Crippen LogP contribution in [-0.4, -0.2) is 22.1 Å². The van der Waals surface area contributed by atoms with E-state index in [9.17, 15) is 4.79 Å². The number of aromatic nitrogens is 2. The molecular formula is C13H22BrN3O. The average molecular weight is 316 g/mol. The van der Waals surface area contributed by atoms with Crippen LogP contribution >= 0.6 is 15.9 Å². The first-order valence-electron chi connectivity index (χ1n) is 6.43. The number of ketones is 1. The van der Waals surface area contributed by atoms with Crippen molar-refractivity contribution in [3.05, 3.63) is 15.9 Å². The molecule has 0 amide bonds. The second-order valence-corrected chi connectivity index (χ2v) is 5.55. The third kappa shape index (κ3) is 3.92. The fourth-order valence-corrected chi connectivity index (χ4v) is 2.26. The number of carbonyl (C=O) groups excluding carboxylic acids is 1. The van der Waals surface area contributed by atoms with Crippen molar-refractivity contribution < 1.29 is 4.79 Å². The Kier molecular flexibility index (Phi) is 6.02. The normalized spacial score (nSPS) is 12.7. The summed E-state index contributed by atoms with van der Waals surface area (Å²) in [4.78, 5) is 12.0. The van der Waals surface area contributed by atoms with Gasteiger partial charge in [0, 0.05) is 19.4 Å². The first kappa shape index (κ1) is 15.4. The highest BCUT2D eigenvalue weighted by molar-refractivity contribution is 9.10. The Bertz CT molecular complexity index is 415. The van der Waals surface area contributed by atoms with Crippen LogP contribution in [0.25, 0.3) is 0 Å². The zero-order valence-corrected chi connectivity index (χ0v) is 13.0. The van der Waals surface area contributed by atoms with Crippen molar-refractivity contribution in [3.8, 4) is 0 Å². The summed E-state index contributed by atoms with van der Waals surface area (Å²) in [6, 6.07) is 0. The molecule has 0 bridgehead atoms. The van der Waals surface area contributed by atoms with E-state index in [1.54, 1.807) is 0 Å². The molecule has 0 aromatic carbocycles. The van der Waals surface area contributed by atoms with Crippen molar-refractivity contribution in [1.82, 2.24) is 9.78 Å². The average Bonchev–Trinajstić information content (AvgIpc) is 2.63. The number of hydrogen-bond acceptors (Lipinski definition) is 3. The highest BCUT2D eigenvalue weighted by Crippen LogP contribution is 2.22. The van der Waals surface area contributed by atoms with E-state index in [4.69, 9.17) is 5.73 Å². The monoisotopic (exact) mass is 315 g/mol. The lowest BCUT2D eigenvalue weighted by Crippen LogP contribution is -2.14. The highest BCUT2D eigenvalue weighted by atomic mass is 79.9. The van der Waals surface area contributed by atoms with Gasteiger partial charge in [-0.1, -0.05) is 6.92 Å². The number of Topliss-reactive ketones (excluding diaryl/α,β-unsaturated/α-hetero) is 1. The van der Waals surface area contributed by atoms with Crippen molar-refractivity contribution in [2.45, 2.75) is 46.6 Å². The van der Waals surface area contributed by atoms with Crippen LogP contribution < -0.4 is 5.73 Å². The van der Waals surface area contributed by atoms with Gasteiger partial charge in [0.15, 0.2) is 0 Å². The van der Waals surface area contributed by atoms with Gasteiger partial charge in [0.2, 0.25) is 0 Å². The summed E-state index contributed by atoms with van der Waals surface area (Å²) < 4.78 is 2.86. The fraction of sp³-hybridized carbons (Fsp3) is 0.692. The Hall–Kier alpha value is -0.680. The quantitative estimate of drug-likeness (QED) is 0.840. The van der Waals surface area contributed by atoms with Gasteiger partial charge in [-0.3, -0.25) is 9.48 Å². The smallest absolute Gasteiger partial charge is 0.138 e. The molecule has 0 aliphatic carbocycles. The molecule has 0 saturated carbocycles. The molecule has 102 valence electrons. The molecule has 4 nitrogen and oxygen atoms in total. The third-order valence-electron chi connectivity index (χ3n) is 3.14. The molecule has 18 heavy (non-hydrogen) atoms. The first-order valence-corrected chi connectivity index (χ1v) is 7.22. The largest absolute Gasteiger partial charge is 0.330 e. The molecule has 1 atom stereocenters. The Labute approximate surface area is 117 Å². The van der Waals surface area contributed by atoms with Crippen LogP contribution in [0.3, 0.4) is 0 Å². The van der Waals surface area contributed by atoms with E-state index in [1.165, 1.54) is 0 Å². The van der Waals surface area contributed by atoms with E-state index in [1.807, 2.05) is 18.5 Å². The molecule has 5 heteroatoms. The first-order chi connectivity index (χ1) is 8.49. The van der Waals surface area contributed by atoms with Gasteiger partial charge in [0.1, 0.15) is 5.78 Å². The topological polar surface area (TPSA) is 60.9 Å². The zero-order chi connectivity index (χ0) is 13.7. The molecule has 1 heterocycles. The number of aryl methyl sites for hydroxylation is 2. The molecule has 0 aliphatic rings. The van der Waals surface area contributed by atoms with Crippen LogP contribution in [0, 0.1) is 12.8 Å². The van der Waals surface area contributed by atoms with Crippen molar-refractivity contribution in [1.29, 1.82) is 0 Å². The minimum absolute atomic E-state index is 0.255. The summed E-state index contributed by atoms with van der Waals surface area (Å²) in [5.74, 6) is 0.667. The zero-order valence-electron chi connectivity index (χ0n) is 11.4. The fourth-order valence-electron chi connectivity index (χ4n) is 1.84. The van der Waals surface area contributed by atoms with Crippen LogP contribution in [0.5, 0.6) is 0 Å². The molecule has 2 N–H and O–H groups in total. The number of carbonyl (C=O) groups is 1.